The minimum atomic E-state index is -1.11. The van der Waals surface area contributed by atoms with Crippen LogP contribution in [-0.2, 0) is 9.59 Å². The van der Waals surface area contributed by atoms with Crippen molar-refractivity contribution >= 4 is 17.7 Å². The fraction of sp³-hybridized carbons (Fsp3) is 0.471. The number of nitrogens with zero attached hydrogens (tertiary/aromatic N) is 1. The van der Waals surface area contributed by atoms with Crippen molar-refractivity contribution in [2.45, 2.75) is 25.3 Å². The number of amides is 1. The van der Waals surface area contributed by atoms with Crippen molar-refractivity contribution in [1.29, 1.82) is 0 Å². The second kappa shape index (κ2) is 7.87. The topological polar surface area (TPSA) is 102 Å². The van der Waals surface area contributed by atoms with E-state index in [0.717, 1.165) is 4.90 Å². The van der Waals surface area contributed by atoms with Crippen LogP contribution >= 0.6 is 0 Å². The number of carbonyl (C=O) groups is 3. The van der Waals surface area contributed by atoms with Crippen LogP contribution in [-0.4, -0.2) is 61.6 Å². The molecular weight excluding hydrogens is 330 g/mol. The number of rotatable bonds is 6. The van der Waals surface area contributed by atoms with Crippen molar-refractivity contribution in [3.63, 3.8) is 0 Å². The van der Waals surface area contributed by atoms with E-state index in [1.807, 2.05) is 0 Å². The summed E-state index contributed by atoms with van der Waals surface area (Å²) in [4.78, 5) is 37.8. The van der Waals surface area contributed by atoms with Crippen LogP contribution in [0.4, 0.5) is 0 Å². The Labute approximate surface area is 145 Å². The van der Waals surface area contributed by atoms with Crippen LogP contribution in [0.1, 0.15) is 29.6 Å². The molecule has 1 aromatic rings. The van der Waals surface area contributed by atoms with Gasteiger partial charge in [0.25, 0.3) is 11.7 Å². The Balaban J connectivity index is 2.38. The van der Waals surface area contributed by atoms with Crippen molar-refractivity contribution in [2.75, 3.05) is 27.9 Å². The largest absolute Gasteiger partial charge is 0.496 e. The summed E-state index contributed by atoms with van der Waals surface area (Å²) in [5, 5.41) is 9.29. The lowest BCUT2D eigenvalue weighted by Gasteiger charge is -2.32. The van der Waals surface area contributed by atoms with Crippen LogP contribution in [0.25, 0.3) is 0 Å². The molecule has 0 aliphatic carbocycles. The monoisotopic (exact) mass is 351 g/mol. The lowest BCUT2D eigenvalue weighted by molar-refractivity contribution is -0.150. The number of Topliss-reactive ketones (excluding diaryl/α,β-unsaturated/α-hetero) is 1. The van der Waals surface area contributed by atoms with Crippen molar-refractivity contribution in [3.05, 3.63) is 17.7 Å². The third-order valence-electron chi connectivity index (χ3n) is 4.19. The summed E-state index contributed by atoms with van der Waals surface area (Å²) in [6, 6.07) is 1.82. The van der Waals surface area contributed by atoms with Gasteiger partial charge in [-0.05, 0) is 25.3 Å². The summed E-state index contributed by atoms with van der Waals surface area (Å²) in [5.74, 6) is -2.04. The van der Waals surface area contributed by atoms with Crippen LogP contribution in [0, 0.1) is 0 Å². The third-order valence-corrected chi connectivity index (χ3v) is 4.19. The Hall–Kier alpha value is -2.77. The molecule has 8 heteroatoms. The number of benzene rings is 1. The molecule has 25 heavy (non-hydrogen) atoms. The van der Waals surface area contributed by atoms with Gasteiger partial charge < -0.3 is 24.2 Å². The fourth-order valence-corrected chi connectivity index (χ4v) is 2.88. The quantitative estimate of drug-likeness (QED) is 0.610. The molecule has 0 aromatic heterocycles. The van der Waals surface area contributed by atoms with E-state index in [9.17, 15) is 19.5 Å². The molecule has 1 N–H and O–H groups in total. The molecule has 1 atom stereocenters. The van der Waals surface area contributed by atoms with Gasteiger partial charge in [0.1, 0.15) is 11.8 Å². The van der Waals surface area contributed by atoms with Crippen molar-refractivity contribution in [2.24, 2.45) is 0 Å². The molecule has 8 nitrogen and oxygen atoms in total. The van der Waals surface area contributed by atoms with Crippen LogP contribution in [0.5, 0.6) is 17.2 Å². The standard InChI is InChI=1S/C17H21NO7/c1-23-12-9-14(25-3)13(24-2)8-10(12)15(19)16(20)18-7-5-4-6-11(18)17(21)22/h8-9,11H,4-7H2,1-3H3,(H,21,22). The number of ketones is 1. The van der Waals surface area contributed by atoms with Gasteiger partial charge >= 0.3 is 5.97 Å². The first-order valence-electron chi connectivity index (χ1n) is 7.82. The molecule has 0 bridgehead atoms. The van der Waals surface area contributed by atoms with E-state index >= 15 is 0 Å². The number of piperidine rings is 1. The van der Waals surface area contributed by atoms with Gasteiger partial charge in [-0.3, -0.25) is 9.59 Å². The van der Waals surface area contributed by atoms with E-state index in [1.54, 1.807) is 0 Å². The number of hydrogen-bond acceptors (Lipinski definition) is 6. The number of carboxylic acids is 1. The van der Waals surface area contributed by atoms with Crippen LogP contribution in [0.2, 0.25) is 0 Å². The Morgan fingerprint density at radius 1 is 1.00 bits per heavy atom. The maximum absolute atomic E-state index is 12.7. The first-order valence-corrected chi connectivity index (χ1v) is 7.82. The fourth-order valence-electron chi connectivity index (χ4n) is 2.88. The first-order chi connectivity index (χ1) is 11.9. The molecule has 1 amide bonds. The molecule has 1 fully saturated rings. The lowest BCUT2D eigenvalue weighted by atomic mass is 10.00. The zero-order chi connectivity index (χ0) is 18.6. The Morgan fingerprint density at radius 2 is 1.60 bits per heavy atom. The zero-order valence-electron chi connectivity index (χ0n) is 14.4. The van der Waals surface area contributed by atoms with Gasteiger partial charge in [-0.15, -0.1) is 0 Å². The van der Waals surface area contributed by atoms with E-state index in [2.05, 4.69) is 0 Å². The molecule has 0 spiro atoms. The minimum absolute atomic E-state index is 0.000128. The Bertz CT molecular complexity index is 686. The van der Waals surface area contributed by atoms with Gasteiger partial charge in [-0.1, -0.05) is 0 Å². The number of ether oxygens (including phenoxy) is 3. The Morgan fingerprint density at radius 3 is 2.16 bits per heavy atom. The summed E-state index contributed by atoms with van der Waals surface area (Å²) >= 11 is 0. The zero-order valence-corrected chi connectivity index (χ0v) is 14.4. The number of likely N-dealkylation sites (tertiary alicyclic amines) is 1. The van der Waals surface area contributed by atoms with E-state index in [-0.39, 0.29) is 23.6 Å². The molecule has 1 aromatic carbocycles. The number of methoxy groups -OCH3 is 3. The average molecular weight is 351 g/mol. The van der Waals surface area contributed by atoms with Crippen molar-refractivity contribution in [1.82, 2.24) is 4.90 Å². The highest BCUT2D eigenvalue weighted by Gasteiger charge is 2.36. The predicted octanol–water partition coefficient (Wildman–Crippen LogP) is 1.36. The average Bonchev–Trinajstić information content (AvgIpc) is 2.65. The van der Waals surface area contributed by atoms with E-state index in [0.29, 0.717) is 25.0 Å². The maximum Gasteiger partial charge on any atom is 0.326 e. The molecule has 1 aliphatic rings. The summed E-state index contributed by atoms with van der Waals surface area (Å²) in [5.41, 5.74) is -0.000128. The smallest absolute Gasteiger partial charge is 0.326 e. The van der Waals surface area contributed by atoms with Crippen molar-refractivity contribution < 1.29 is 33.7 Å². The number of carbonyl (C=O) groups excluding carboxylic acids is 2. The number of aliphatic carboxylic acids is 1. The molecule has 2 rings (SSSR count). The minimum Gasteiger partial charge on any atom is -0.496 e. The Kier molecular flexibility index (Phi) is 5.84. The summed E-state index contributed by atoms with van der Waals surface area (Å²) in [6.07, 6.45) is 1.69. The third kappa shape index (κ3) is 3.67. The molecule has 1 aliphatic heterocycles. The summed E-state index contributed by atoms with van der Waals surface area (Å²) in [7, 11) is 4.21. The number of hydrogen-bond donors (Lipinski definition) is 1. The molecule has 0 radical (unpaired) electrons. The van der Waals surface area contributed by atoms with Gasteiger partial charge in [0.2, 0.25) is 0 Å². The second-order valence-electron chi connectivity index (χ2n) is 5.58. The van der Waals surface area contributed by atoms with Gasteiger partial charge in [-0.25, -0.2) is 4.79 Å². The van der Waals surface area contributed by atoms with Crippen LogP contribution in [0.15, 0.2) is 12.1 Å². The van der Waals surface area contributed by atoms with Crippen LogP contribution < -0.4 is 14.2 Å². The molecule has 0 saturated carbocycles. The molecule has 1 saturated heterocycles. The van der Waals surface area contributed by atoms with Gasteiger partial charge in [-0.2, -0.15) is 0 Å². The molecule has 1 unspecified atom stereocenters. The highest BCUT2D eigenvalue weighted by atomic mass is 16.5. The maximum atomic E-state index is 12.7. The normalized spacial score (nSPS) is 16.9. The number of carboxylic acid groups (broad SMARTS) is 1. The van der Waals surface area contributed by atoms with Gasteiger partial charge in [0.15, 0.2) is 11.5 Å². The van der Waals surface area contributed by atoms with E-state index in [4.69, 9.17) is 14.2 Å². The molecule has 1 heterocycles. The van der Waals surface area contributed by atoms with Gasteiger partial charge in [0.05, 0.1) is 26.9 Å². The summed E-state index contributed by atoms with van der Waals surface area (Å²) < 4.78 is 15.5. The van der Waals surface area contributed by atoms with Crippen LogP contribution in [0.3, 0.4) is 0 Å². The highest BCUT2D eigenvalue weighted by molar-refractivity contribution is 6.43. The second-order valence-corrected chi connectivity index (χ2v) is 5.58. The predicted molar refractivity (Wildman–Crippen MR) is 87.4 cm³/mol. The van der Waals surface area contributed by atoms with E-state index in [1.165, 1.54) is 33.5 Å². The summed E-state index contributed by atoms with van der Waals surface area (Å²) in [6.45, 7) is 0.233. The van der Waals surface area contributed by atoms with E-state index < -0.39 is 23.7 Å². The lowest BCUT2D eigenvalue weighted by Crippen LogP contribution is -2.50. The van der Waals surface area contributed by atoms with Crippen molar-refractivity contribution in [3.8, 4) is 17.2 Å². The molecular formula is C17H21NO7. The first kappa shape index (κ1) is 18.6. The highest BCUT2D eigenvalue weighted by Crippen LogP contribution is 2.35. The molecule has 136 valence electrons. The van der Waals surface area contributed by atoms with Gasteiger partial charge in [0, 0.05) is 12.6 Å². The SMILES string of the molecule is COc1cc(OC)c(C(=O)C(=O)N2CCCCC2C(=O)O)cc1OC.